The third kappa shape index (κ3) is 5.16. The summed E-state index contributed by atoms with van der Waals surface area (Å²) in [6.45, 7) is 1.73. The van der Waals surface area contributed by atoms with Crippen LogP contribution in [0.2, 0.25) is 0 Å². The van der Waals surface area contributed by atoms with Gasteiger partial charge in [0.15, 0.2) is 0 Å². The number of hydrogen-bond acceptors (Lipinski definition) is 2. The van der Waals surface area contributed by atoms with E-state index in [4.69, 9.17) is 0 Å². The maximum absolute atomic E-state index is 13.8. The van der Waals surface area contributed by atoms with Crippen LogP contribution in [0.5, 0.6) is 0 Å². The van der Waals surface area contributed by atoms with Crippen LogP contribution < -0.4 is 0 Å². The smallest absolute Gasteiger partial charge is 0.285 e. The number of unbranched alkanes of at least 4 members (excludes halogenated alkanes) is 1. The summed E-state index contributed by atoms with van der Waals surface area (Å²) in [4.78, 5) is 0. The molecule has 1 atom stereocenters. The van der Waals surface area contributed by atoms with Crippen molar-refractivity contribution in [1.29, 1.82) is 0 Å². The summed E-state index contributed by atoms with van der Waals surface area (Å²) in [5.41, 5.74) is -1.85. The molecule has 0 aromatic heterocycles. The fourth-order valence-electron chi connectivity index (χ4n) is 2.46. The molecule has 0 bridgehead atoms. The molecule has 0 aliphatic rings. The first-order valence-corrected chi connectivity index (χ1v) is 9.65. The van der Waals surface area contributed by atoms with E-state index in [2.05, 4.69) is 0 Å². The van der Waals surface area contributed by atoms with Crippen molar-refractivity contribution in [2.45, 2.75) is 61.8 Å². The maximum Gasteiger partial charge on any atom is 0.460 e. The molecule has 29 heavy (non-hydrogen) atoms. The Morgan fingerprint density at radius 3 is 1.76 bits per heavy atom. The molecule has 0 saturated heterocycles. The molecule has 0 fully saturated rings. The Hall–Kier alpha value is -1.50. The van der Waals surface area contributed by atoms with E-state index in [1.165, 1.54) is 0 Å². The number of halogens is 9. The van der Waals surface area contributed by atoms with Gasteiger partial charge in [0, 0.05) is 5.56 Å². The van der Waals surface area contributed by atoms with E-state index < -0.39 is 51.3 Å². The van der Waals surface area contributed by atoms with Gasteiger partial charge in [0.1, 0.15) is 0 Å². The molecule has 1 aromatic rings. The molecule has 1 unspecified atom stereocenters. The summed E-state index contributed by atoms with van der Waals surface area (Å²) in [5.74, 6) is -19.7. The van der Waals surface area contributed by atoms with Gasteiger partial charge >= 0.3 is 23.9 Å². The van der Waals surface area contributed by atoms with Crippen LogP contribution in [0.15, 0.2) is 24.3 Å². The highest BCUT2D eigenvalue weighted by Crippen LogP contribution is 2.56. The van der Waals surface area contributed by atoms with Crippen LogP contribution >= 0.6 is 0 Å². The largest absolute Gasteiger partial charge is 0.460 e. The monoisotopic (exact) mass is 460 g/mol. The van der Waals surface area contributed by atoms with Crippen LogP contribution in [-0.4, -0.2) is 36.2 Å². The summed E-state index contributed by atoms with van der Waals surface area (Å²) < 4.78 is 149. The van der Waals surface area contributed by atoms with Crippen LogP contribution in [0.4, 0.5) is 39.5 Å². The lowest BCUT2D eigenvalue weighted by Crippen LogP contribution is -2.59. The molecule has 0 saturated carbocycles. The molecule has 0 spiro atoms. The van der Waals surface area contributed by atoms with E-state index in [1.54, 1.807) is 6.92 Å². The van der Waals surface area contributed by atoms with Gasteiger partial charge in [0.05, 0.1) is 5.25 Å². The Morgan fingerprint density at radius 1 is 0.897 bits per heavy atom. The molecule has 3 nitrogen and oxygen atoms in total. The Labute approximate surface area is 160 Å². The van der Waals surface area contributed by atoms with Crippen molar-refractivity contribution in [3.05, 3.63) is 35.4 Å². The van der Waals surface area contributed by atoms with Gasteiger partial charge in [-0.15, -0.1) is 0 Å². The summed E-state index contributed by atoms with van der Waals surface area (Å²) in [5, 5.41) is -1.33. The van der Waals surface area contributed by atoms with Crippen molar-refractivity contribution >= 4 is 10.1 Å². The molecule has 13 heteroatoms. The Morgan fingerprint density at radius 2 is 1.38 bits per heavy atom. The molecule has 0 amide bonds. The van der Waals surface area contributed by atoms with Crippen molar-refractivity contribution < 1.29 is 52.5 Å². The van der Waals surface area contributed by atoms with E-state index >= 15 is 0 Å². The second-order valence-corrected chi connectivity index (χ2v) is 8.10. The summed E-state index contributed by atoms with van der Waals surface area (Å²) in [6, 6.07) is 1.79. The first kappa shape index (κ1) is 25.5. The number of rotatable bonds is 9. The van der Waals surface area contributed by atoms with Gasteiger partial charge in [-0.1, -0.05) is 44.0 Å². The lowest BCUT2D eigenvalue weighted by atomic mass is 9.95. The summed E-state index contributed by atoms with van der Waals surface area (Å²) >= 11 is 0. The first-order valence-electron chi connectivity index (χ1n) is 8.15. The van der Waals surface area contributed by atoms with E-state index in [-0.39, 0.29) is 24.1 Å². The highest BCUT2D eigenvalue weighted by atomic mass is 32.2. The Kier molecular flexibility index (Phi) is 7.33. The quantitative estimate of drug-likeness (QED) is 0.386. The second-order valence-electron chi connectivity index (χ2n) is 6.40. The average Bonchev–Trinajstić information content (AvgIpc) is 2.56. The maximum atomic E-state index is 13.8. The molecular weight excluding hydrogens is 443 g/mol. The molecule has 1 aromatic carbocycles. The van der Waals surface area contributed by atoms with Gasteiger partial charge in [-0.05, 0) is 18.4 Å². The zero-order valence-electron chi connectivity index (χ0n) is 14.8. The van der Waals surface area contributed by atoms with E-state index in [9.17, 15) is 52.5 Å². The standard InChI is InChI=1S/C16H17F9O3S/c1-2-3-4-12(29(26,27)28)9-10-5-7-11(8-6-10)13(17,18)14(19,20)15(21,22)16(23,24)25/h5-8,12H,2-4,9H2,1H3,(H,26,27,28). The molecule has 0 radical (unpaired) electrons. The van der Waals surface area contributed by atoms with Crippen LogP contribution in [-0.2, 0) is 22.5 Å². The molecule has 1 rings (SSSR count). The lowest BCUT2D eigenvalue weighted by molar-refractivity contribution is -0.399. The Balaban J connectivity index is 3.19. The third-order valence-corrected chi connectivity index (χ3v) is 5.47. The van der Waals surface area contributed by atoms with Crippen molar-refractivity contribution in [2.75, 3.05) is 0 Å². The van der Waals surface area contributed by atoms with Crippen molar-refractivity contribution in [3.63, 3.8) is 0 Å². The minimum atomic E-state index is -7.00. The fourth-order valence-corrected chi connectivity index (χ4v) is 3.33. The van der Waals surface area contributed by atoms with Gasteiger partial charge in [-0.25, -0.2) is 0 Å². The minimum absolute atomic E-state index is 0.00310. The fraction of sp³-hybridized carbons (Fsp3) is 0.625. The zero-order valence-corrected chi connectivity index (χ0v) is 15.6. The molecule has 168 valence electrons. The number of benzene rings is 1. The average molecular weight is 460 g/mol. The van der Waals surface area contributed by atoms with Crippen LogP contribution in [0.3, 0.4) is 0 Å². The van der Waals surface area contributed by atoms with Gasteiger partial charge in [0.2, 0.25) is 0 Å². The van der Waals surface area contributed by atoms with Crippen molar-refractivity contribution in [3.8, 4) is 0 Å². The SMILES string of the molecule is CCCCC(Cc1ccc(C(F)(F)C(F)(F)C(F)(F)C(F)(F)F)cc1)S(=O)(=O)O. The summed E-state index contributed by atoms with van der Waals surface area (Å²) in [7, 11) is -4.53. The topological polar surface area (TPSA) is 54.4 Å². The first-order chi connectivity index (χ1) is 12.9. The number of hydrogen-bond donors (Lipinski definition) is 1. The van der Waals surface area contributed by atoms with Crippen molar-refractivity contribution in [2.24, 2.45) is 0 Å². The highest BCUT2D eigenvalue weighted by molar-refractivity contribution is 7.86. The van der Waals surface area contributed by atoms with E-state index in [0.717, 1.165) is 0 Å². The predicted octanol–water partition coefficient (Wildman–Crippen LogP) is 5.60. The van der Waals surface area contributed by atoms with E-state index in [1.807, 2.05) is 0 Å². The Bertz CT molecular complexity index is 787. The van der Waals surface area contributed by atoms with Crippen LogP contribution in [0.1, 0.15) is 37.3 Å². The van der Waals surface area contributed by atoms with Gasteiger partial charge in [-0.3, -0.25) is 4.55 Å². The molecule has 0 aliphatic heterocycles. The normalized spacial score (nSPS) is 15.4. The molecule has 0 heterocycles. The molecule has 0 aliphatic carbocycles. The van der Waals surface area contributed by atoms with E-state index in [0.29, 0.717) is 25.0 Å². The van der Waals surface area contributed by atoms with Gasteiger partial charge in [0.25, 0.3) is 10.1 Å². The van der Waals surface area contributed by atoms with Gasteiger partial charge < -0.3 is 0 Å². The molecule has 1 N–H and O–H groups in total. The highest BCUT2D eigenvalue weighted by Gasteiger charge is 2.81. The minimum Gasteiger partial charge on any atom is -0.285 e. The van der Waals surface area contributed by atoms with Gasteiger partial charge in [-0.2, -0.15) is 47.9 Å². The van der Waals surface area contributed by atoms with Crippen LogP contribution in [0.25, 0.3) is 0 Å². The summed E-state index contributed by atoms with van der Waals surface area (Å²) in [6.07, 6.45) is -6.36. The lowest BCUT2D eigenvalue weighted by Gasteiger charge is -2.33. The zero-order chi connectivity index (χ0) is 22.9. The van der Waals surface area contributed by atoms with Crippen LogP contribution in [0, 0.1) is 0 Å². The molecular formula is C16H17F9O3S. The number of alkyl halides is 9. The van der Waals surface area contributed by atoms with Crippen molar-refractivity contribution in [1.82, 2.24) is 0 Å². The second kappa shape index (κ2) is 8.32. The predicted molar refractivity (Wildman–Crippen MR) is 84.9 cm³/mol. The third-order valence-electron chi connectivity index (χ3n) is 4.23.